The van der Waals surface area contributed by atoms with Gasteiger partial charge in [-0.3, -0.25) is 4.31 Å². The third-order valence-corrected chi connectivity index (χ3v) is 7.49. The van der Waals surface area contributed by atoms with Crippen LogP contribution in [0.2, 0.25) is 0 Å². The molecule has 0 bridgehead atoms. The number of hydrogen-bond donors (Lipinski definition) is 2. The Kier molecular flexibility index (Phi) is 6.20. The van der Waals surface area contributed by atoms with Crippen LogP contribution in [0.3, 0.4) is 0 Å². The molecule has 164 valence electrons. The Morgan fingerprint density at radius 1 is 1.23 bits per heavy atom. The number of hydrogen-bond acceptors (Lipinski definition) is 8. The van der Waals surface area contributed by atoms with E-state index in [1.54, 1.807) is 11.9 Å². The van der Waals surface area contributed by atoms with Crippen molar-refractivity contribution in [2.24, 2.45) is 0 Å². The zero-order chi connectivity index (χ0) is 21.5. The predicted molar refractivity (Wildman–Crippen MR) is 108 cm³/mol. The van der Waals surface area contributed by atoms with Gasteiger partial charge in [0.15, 0.2) is 11.5 Å². The highest BCUT2D eigenvalue weighted by atomic mass is 32.2. The molecular weight excluding hydrogens is 442 g/mol. The summed E-state index contributed by atoms with van der Waals surface area (Å²) in [5.41, 5.74) is -1.54. The molecule has 0 radical (unpaired) electrons. The Morgan fingerprint density at radius 3 is 2.53 bits per heavy atom. The van der Waals surface area contributed by atoms with Crippen molar-refractivity contribution >= 4 is 29.2 Å². The van der Waals surface area contributed by atoms with E-state index in [1.807, 2.05) is 6.26 Å². The monoisotopic (exact) mass is 463 g/mol. The number of halogens is 4. The van der Waals surface area contributed by atoms with Crippen molar-refractivity contribution in [2.75, 3.05) is 24.7 Å². The highest BCUT2D eigenvalue weighted by molar-refractivity contribution is 7.96. The number of alkyl halides is 3. The van der Waals surface area contributed by atoms with Crippen molar-refractivity contribution in [3.05, 3.63) is 22.7 Å². The zero-order valence-electron chi connectivity index (χ0n) is 16.1. The Morgan fingerprint density at radius 2 is 1.93 bits per heavy atom. The van der Waals surface area contributed by atoms with E-state index in [0.717, 1.165) is 43.5 Å². The standard InChI is InChI=1S/C18H21F4N5OS2/c1-29-27-4-2-10(3-5-27)24-17-23-8-12(19)13(25-17)14-15(18(20,21)22)26-16(30-14)9-6-11(28)7-9/h8-11,28H,2-7H2,1H3,(H,23,24,25). The van der Waals surface area contributed by atoms with Crippen LogP contribution in [0.4, 0.5) is 23.5 Å². The molecule has 2 aliphatic rings. The Bertz CT molecular complexity index is 895. The van der Waals surface area contributed by atoms with Gasteiger partial charge < -0.3 is 10.4 Å². The molecule has 2 aromatic rings. The Hall–Kier alpha value is -1.50. The van der Waals surface area contributed by atoms with Gasteiger partial charge >= 0.3 is 6.18 Å². The third-order valence-electron chi connectivity index (χ3n) is 5.38. The van der Waals surface area contributed by atoms with Crippen LogP contribution in [0, 0.1) is 5.82 Å². The quantitative estimate of drug-likeness (QED) is 0.510. The van der Waals surface area contributed by atoms with Crippen molar-refractivity contribution in [3.8, 4) is 10.6 Å². The van der Waals surface area contributed by atoms with Crippen molar-refractivity contribution in [1.82, 2.24) is 19.3 Å². The van der Waals surface area contributed by atoms with Gasteiger partial charge in [0, 0.05) is 25.0 Å². The molecule has 30 heavy (non-hydrogen) atoms. The third kappa shape index (κ3) is 4.56. The summed E-state index contributed by atoms with van der Waals surface area (Å²) in [6, 6.07) is 0.0716. The van der Waals surface area contributed by atoms with Crippen molar-refractivity contribution in [1.29, 1.82) is 0 Å². The van der Waals surface area contributed by atoms with Crippen LogP contribution < -0.4 is 5.32 Å². The fraction of sp³-hybridized carbons (Fsp3) is 0.611. The number of aliphatic hydroxyl groups is 1. The number of nitrogens with one attached hydrogen (secondary N) is 1. The Balaban J connectivity index is 1.61. The molecule has 1 aliphatic carbocycles. The first-order chi connectivity index (χ1) is 14.2. The van der Waals surface area contributed by atoms with Gasteiger partial charge in [-0.1, -0.05) is 11.9 Å². The molecule has 3 heterocycles. The summed E-state index contributed by atoms with van der Waals surface area (Å²) < 4.78 is 57.5. The second-order valence-electron chi connectivity index (χ2n) is 7.47. The van der Waals surface area contributed by atoms with Crippen LogP contribution in [0.1, 0.15) is 42.3 Å². The average molecular weight is 464 g/mol. The first-order valence-corrected chi connectivity index (χ1v) is 11.6. The van der Waals surface area contributed by atoms with Crippen LogP contribution in [-0.4, -0.2) is 55.9 Å². The summed E-state index contributed by atoms with van der Waals surface area (Å²) in [5, 5.41) is 12.8. The molecular formula is C18H21F4N5OS2. The molecule has 1 saturated carbocycles. The van der Waals surface area contributed by atoms with Gasteiger partial charge in [-0.2, -0.15) is 13.2 Å². The molecule has 0 aromatic carbocycles. The average Bonchev–Trinajstić information content (AvgIpc) is 3.13. The van der Waals surface area contributed by atoms with E-state index in [2.05, 4.69) is 24.6 Å². The van der Waals surface area contributed by atoms with Crippen LogP contribution in [-0.2, 0) is 6.18 Å². The minimum absolute atomic E-state index is 0.0716. The minimum Gasteiger partial charge on any atom is -0.393 e. The topological polar surface area (TPSA) is 74.2 Å². The van der Waals surface area contributed by atoms with Crippen LogP contribution >= 0.6 is 23.3 Å². The van der Waals surface area contributed by atoms with E-state index in [1.165, 1.54) is 0 Å². The van der Waals surface area contributed by atoms with Crippen molar-refractivity contribution < 1.29 is 22.7 Å². The van der Waals surface area contributed by atoms with E-state index >= 15 is 0 Å². The predicted octanol–water partition coefficient (Wildman–Crippen LogP) is 4.15. The fourth-order valence-electron chi connectivity index (χ4n) is 3.61. The van der Waals surface area contributed by atoms with Gasteiger partial charge in [0.25, 0.3) is 0 Å². The maximum Gasteiger partial charge on any atom is 0.434 e. The summed E-state index contributed by atoms with van der Waals surface area (Å²) >= 11 is 2.46. The first-order valence-electron chi connectivity index (χ1n) is 9.59. The number of nitrogens with zero attached hydrogens (tertiary/aromatic N) is 4. The van der Waals surface area contributed by atoms with Gasteiger partial charge in [-0.15, -0.1) is 11.3 Å². The lowest BCUT2D eigenvalue weighted by molar-refractivity contribution is -0.140. The SMILES string of the molecule is CSN1CCC(Nc2ncc(F)c(-c3sc(C4CC(O)C4)nc3C(F)(F)F)n2)CC1. The summed E-state index contributed by atoms with van der Waals surface area (Å²) in [6.07, 6.45) is 0.0289. The van der Waals surface area contributed by atoms with Crippen LogP contribution in [0.15, 0.2) is 6.20 Å². The molecule has 1 saturated heterocycles. The van der Waals surface area contributed by atoms with Gasteiger partial charge in [-0.05, 0) is 31.9 Å². The number of aromatic nitrogens is 3. The van der Waals surface area contributed by atoms with E-state index in [0.29, 0.717) is 12.8 Å². The molecule has 2 N–H and O–H groups in total. The highest BCUT2D eigenvalue weighted by Crippen LogP contribution is 2.46. The number of piperidine rings is 1. The van der Waals surface area contributed by atoms with E-state index in [-0.39, 0.29) is 27.8 Å². The van der Waals surface area contributed by atoms with E-state index in [9.17, 15) is 22.7 Å². The summed E-state index contributed by atoms with van der Waals surface area (Å²) in [5.74, 6) is -1.06. The maximum atomic E-state index is 14.5. The lowest BCUT2D eigenvalue weighted by Crippen LogP contribution is -2.35. The number of rotatable bonds is 5. The molecule has 0 spiro atoms. The van der Waals surface area contributed by atoms with Gasteiger partial charge in [0.1, 0.15) is 5.69 Å². The second kappa shape index (κ2) is 8.56. The maximum absolute atomic E-state index is 14.5. The summed E-state index contributed by atoms with van der Waals surface area (Å²) in [6.45, 7) is 1.74. The first kappa shape index (κ1) is 21.7. The number of aliphatic hydroxyl groups excluding tert-OH is 1. The van der Waals surface area contributed by atoms with Gasteiger partial charge in [0.05, 0.1) is 22.2 Å². The summed E-state index contributed by atoms with van der Waals surface area (Å²) in [4.78, 5) is 11.4. The molecule has 1 aliphatic heterocycles. The van der Waals surface area contributed by atoms with E-state index < -0.39 is 29.5 Å². The van der Waals surface area contributed by atoms with Gasteiger partial charge in [0.2, 0.25) is 5.95 Å². The zero-order valence-corrected chi connectivity index (χ0v) is 17.7. The molecule has 2 aromatic heterocycles. The lowest BCUT2D eigenvalue weighted by Gasteiger charge is -2.30. The number of anilines is 1. The smallest absolute Gasteiger partial charge is 0.393 e. The molecule has 2 fully saturated rings. The van der Waals surface area contributed by atoms with E-state index in [4.69, 9.17) is 0 Å². The highest BCUT2D eigenvalue weighted by Gasteiger charge is 2.41. The molecule has 0 amide bonds. The molecule has 0 atom stereocenters. The molecule has 6 nitrogen and oxygen atoms in total. The largest absolute Gasteiger partial charge is 0.434 e. The molecule has 12 heteroatoms. The normalized spacial score (nSPS) is 23.4. The lowest BCUT2D eigenvalue weighted by atomic mass is 9.83. The van der Waals surface area contributed by atoms with Gasteiger partial charge in [-0.25, -0.2) is 19.3 Å². The molecule has 0 unspecified atom stereocenters. The van der Waals surface area contributed by atoms with Crippen LogP contribution in [0.25, 0.3) is 10.6 Å². The molecule has 4 rings (SSSR count). The number of thiazole rings is 1. The minimum atomic E-state index is -4.73. The van der Waals surface area contributed by atoms with Crippen molar-refractivity contribution in [2.45, 2.75) is 49.9 Å². The van der Waals surface area contributed by atoms with Crippen molar-refractivity contribution in [3.63, 3.8) is 0 Å². The van der Waals surface area contributed by atoms with Crippen LogP contribution in [0.5, 0.6) is 0 Å². The fourth-order valence-corrected chi connectivity index (χ4v) is 5.39. The second-order valence-corrected chi connectivity index (χ2v) is 9.38. The Labute approximate surface area is 179 Å². The summed E-state index contributed by atoms with van der Waals surface area (Å²) in [7, 11) is 0.